The fraction of sp³-hybridized carbons (Fsp3) is 0.263. The summed E-state index contributed by atoms with van der Waals surface area (Å²) in [6.45, 7) is 0.762. The van der Waals surface area contributed by atoms with E-state index in [-0.39, 0.29) is 18.2 Å². The Kier molecular flexibility index (Phi) is 4.79. The lowest BCUT2D eigenvalue weighted by atomic mass is 10.1. The van der Waals surface area contributed by atoms with Gasteiger partial charge in [0.25, 0.3) is 0 Å². The lowest BCUT2D eigenvalue weighted by Gasteiger charge is -2.16. The second-order valence-corrected chi connectivity index (χ2v) is 5.73. The maximum absolute atomic E-state index is 12.2. The number of ether oxygens (including phenoxy) is 1. The van der Waals surface area contributed by atoms with Crippen molar-refractivity contribution in [3.63, 3.8) is 0 Å². The van der Waals surface area contributed by atoms with Gasteiger partial charge in [0.05, 0.1) is 13.5 Å². The summed E-state index contributed by atoms with van der Waals surface area (Å²) in [5.74, 6) is 0.753. The molecule has 0 atom stereocenters. The summed E-state index contributed by atoms with van der Waals surface area (Å²) in [5.41, 5.74) is 2.43. The summed E-state index contributed by atoms with van der Waals surface area (Å²) >= 11 is 0. The number of hydrogen-bond donors (Lipinski definition) is 1. The fourth-order valence-electron chi connectivity index (χ4n) is 2.87. The number of rotatable bonds is 5. The number of methoxy groups -OCH3 is 1. The Morgan fingerprint density at radius 1 is 1.17 bits per heavy atom. The van der Waals surface area contributed by atoms with Crippen molar-refractivity contribution in [2.24, 2.45) is 0 Å². The monoisotopic (exact) mass is 324 g/mol. The minimum atomic E-state index is -0.107. The molecule has 1 saturated heterocycles. The third-order valence-electron chi connectivity index (χ3n) is 4.08. The van der Waals surface area contributed by atoms with E-state index in [9.17, 15) is 9.59 Å². The summed E-state index contributed by atoms with van der Waals surface area (Å²) in [4.78, 5) is 25.7. The van der Waals surface area contributed by atoms with Gasteiger partial charge in [0.2, 0.25) is 11.8 Å². The molecule has 24 heavy (non-hydrogen) atoms. The van der Waals surface area contributed by atoms with Gasteiger partial charge in [-0.05, 0) is 36.8 Å². The average Bonchev–Trinajstić information content (AvgIpc) is 3.02. The first-order chi connectivity index (χ1) is 11.7. The Morgan fingerprint density at radius 2 is 1.92 bits per heavy atom. The van der Waals surface area contributed by atoms with Gasteiger partial charge in [0.1, 0.15) is 5.75 Å². The molecule has 1 fully saturated rings. The predicted molar refractivity (Wildman–Crippen MR) is 93.4 cm³/mol. The highest BCUT2D eigenvalue weighted by atomic mass is 16.5. The summed E-state index contributed by atoms with van der Waals surface area (Å²) in [6, 6.07) is 14.8. The number of carbonyl (C=O) groups is 2. The van der Waals surface area contributed by atoms with Crippen LogP contribution in [-0.2, 0) is 16.0 Å². The number of carbonyl (C=O) groups excluding carboxylic acids is 2. The highest BCUT2D eigenvalue weighted by molar-refractivity contribution is 5.96. The van der Waals surface area contributed by atoms with Gasteiger partial charge in [-0.25, -0.2) is 0 Å². The van der Waals surface area contributed by atoms with E-state index in [0.717, 1.165) is 24.2 Å². The van der Waals surface area contributed by atoms with E-state index in [0.29, 0.717) is 17.9 Å². The van der Waals surface area contributed by atoms with Crippen LogP contribution in [0, 0.1) is 0 Å². The van der Waals surface area contributed by atoms with Crippen LogP contribution < -0.4 is 15.0 Å². The molecule has 1 heterocycles. The van der Waals surface area contributed by atoms with Crippen molar-refractivity contribution >= 4 is 23.2 Å². The summed E-state index contributed by atoms with van der Waals surface area (Å²) < 4.78 is 5.26. The number of anilines is 2. The minimum Gasteiger partial charge on any atom is -0.496 e. The quantitative estimate of drug-likeness (QED) is 0.920. The number of nitrogens with zero attached hydrogens (tertiary/aromatic N) is 1. The molecule has 2 aromatic carbocycles. The molecule has 0 aliphatic carbocycles. The van der Waals surface area contributed by atoms with Crippen molar-refractivity contribution in [1.29, 1.82) is 0 Å². The SMILES string of the molecule is COc1ccccc1CC(=O)Nc1ccc(N2CCCC2=O)cc1. The van der Waals surface area contributed by atoms with E-state index in [1.54, 1.807) is 12.0 Å². The third kappa shape index (κ3) is 3.56. The van der Waals surface area contributed by atoms with Gasteiger partial charge in [-0.1, -0.05) is 18.2 Å². The zero-order valence-corrected chi connectivity index (χ0v) is 13.6. The molecule has 0 spiro atoms. The molecule has 1 aliphatic rings. The van der Waals surface area contributed by atoms with Crippen LogP contribution in [0.15, 0.2) is 48.5 Å². The first-order valence-electron chi connectivity index (χ1n) is 7.99. The molecule has 5 heteroatoms. The Balaban J connectivity index is 1.63. The summed E-state index contributed by atoms with van der Waals surface area (Å²) in [7, 11) is 1.59. The second-order valence-electron chi connectivity index (χ2n) is 5.73. The van der Waals surface area contributed by atoms with Crippen LogP contribution in [0.1, 0.15) is 18.4 Å². The topological polar surface area (TPSA) is 58.6 Å². The largest absolute Gasteiger partial charge is 0.496 e. The molecule has 0 saturated carbocycles. The van der Waals surface area contributed by atoms with Gasteiger partial charge < -0.3 is 15.0 Å². The van der Waals surface area contributed by atoms with Crippen LogP contribution in [0.2, 0.25) is 0 Å². The van der Waals surface area contributed by atoms with Crippen molar-refractivity contribution in [2.45, 2.75) is 19.3 Å². The van der Waals surface area contributed by atoms with E-state index in [2.05, 4.69) is 5.32 Å². The van der Waals surface area contributed by atoms with Crippen LogP contribution in [-0.4, -0.2) is 25.5 Å². The van der Waals surface area contributed by atoms with Crippen molar-refractivity contribution in [3.05, 3.63) is 54.1 Å². The molecule has 5 nitrogen and oxygen atoms in total. The van der Waals surface area contributed by atoms with Crippen LogP contribution in [0.5, 0.6) is 5.75 Å². The number of para-hydroxylation sites is 1. The zero-order valence-electron chi connectivity index (χ0n) is 13.6. The minimum absolute atomic E-state index is 0.107. The maximum Gasteiger partial charge on any atom is 0.228 e. The van der Waals surface area contributed by atoms with E-state index in [1.165, 1.54) is 0 Å². The first-order valence-corrected chi connectivity index (χ1v) is 7.99. The number of hydrogen-bond acceptors (Lipinski definition) is 3. The van der Waals surface area contributed by atoms with Gasteiger partial charge in [0, 0.05) is 29.9 Å². The molecule has 1 aliphatic heterocycles. The molecule has 1 N–H and O–H groups in total. The van der Waals surface area contributed by atoms with E-state index >= 15 is 0 Å². The summed E-state index contributed by atoms with van der Waals surface area (Å²) in [5, 5.41) is 2.87. The molecule has 0 bridgehead atoms. The molecule has 0 radical (unpaired) electrons. The summed E-state index contributed by atoms with van der Waals surface area (Å²) in [6.07, 6.45) is 1.75. The third-order valence-corrected chi connectivity index (χ3v) is 4.08. The average molecular weight is 324 g/mol. The molecular weight excluding hydrogens is 304 g/mol. The van der Waals surface area contributed by atoms with Crippen LogP contribution in [0.4, 0.5) is 11.4 Å². The van der Waals surface area contributed by atoms with Gasteiger partial charge in [-0.2, -0.15) is 0 Å². The Bertz CT molecular complexity index is 741. The fourth-order valence-corrected chi connectivity index (χ4v) is 2.87. The lowest BCUT2D eigenvalue weighted by Crippen LogP contribution is -2.23. The second kappa shape index (κ2) is 7.17. The predicted octanol–water partition coefficient (Wildman–Crippen LogP) is 3.00. The van der Waals surface area contributed by atoms with Crippen molar-refractivity contribution in [1.82, 2.24) is 0 Å². The van der Waals surface area contributed by atoms with E-state index in [4.69, 9.17) is 4.74 Å². The Morgan fingerprint density at radius 3 is 2.58 bits per heavy atom. The molecule has 0 unspecified atom stereocenters. The highest BCUT2D eigenvalue weighted by Gasteiger charge is 2.21. The standard InChI is InChI=1S/C19H20N2O3/c1-24-17-6-3-2-5-14(17)13-18(22)20-15-8-10-16(11-9-15)21-12-4-7-19(21)23/h2-3,5-6,8-11H,4,7,12-13H2,1H3,(H,20,22). The number of nitrogens with one attached hydrogen (secondary N) is 1. The zero-order chi connectivity index (χ0) is 16.9. The van der Waals surface area contributed by atoms with Gasteiger partial charge in [-0.3, -0.25) is 9.59 Å². The molecular formula is C19H20N2O3. The Hall–Kier alpha value is -2.82. The first kappa shape index (κ1) is 16.1. The number of amides is 2. The van der Waals surface area contributed by atoms with Crippen LogP contribution in [0.3, 0.4) is 0 Å². The lowest BCUT2D eigenvalue weighted by molar-refractivity contribution is -0.117. The van der Waals surface area contributed by atoms with Crippen molar-refractivity contribution in [2.75, 3.05) is 23.9 Å². The molecule has 2 amide bonds. The van der Waals surface area contributed by atoms with Crippen molar-refractivity contribution < 1.29 is 14.3 Å². The molecule has 124 valence electrons. The Labute approximate surface area is 141 Å². The van der Waals surface area contributed by atoms with Crippen molar-refractivity contribution in [3.8, 4) is 5.75 Å². The molecule has 0 aromatic heterocycles. The normalized spacial score (nSPS) is 13.9. The van der Waals surface area contributed by atoms with Gasteiger partial charge in [0.15, 0.2) is 0 Å². The molecule has 2 aromatic rings. The maximum atomic E-state index is 12.2. The van der Waals surface area contributed by atoms with Crippen LogP contribution >= 0.6 is 0 Å². The smallest absolute Gasteiger partial charge is 0.228 e. The highest BCUT2D eigenvalue weighted by Crippen LogP contribution is 2.23. The number of benzene rings is 2. The molecule has 3 rings (SSSR count). The van der Waals surface area contributed by atoms with E-state index < -0.39 is 0 Å². The van der Waals surface area contributed by atoms with E-state index in [1.807, 2.05) is 48.5 Å². The van der Waals surface area contributed by atoms with Gasteiger partial charge >= 0.3 is 0 Å². The van der Waals surface area contributed by atoms with Gasteiger partial charge in [-0.15, -0.1) is 0 Å². The van der Waals surface area contributed by atoms with Crippen LogP contribution in [0.25, 0.3) is 0 Å².